The summed E-state index contributed by atoms with van der Waals surface area (Å²) in [5.74, 6) is 0.575. The number of nitrogens with zero attached hydrogens (tertiary/aromatic N) is 3. The van der Waals surface area contributed by atoms with E-state index in [1.807, 2.05) is 0 Å². The Hall–Kier alpha value is -1.20. The number of rotatable bonds is 4. The van der Waals surface area contributed by atoms with E-state index in [1.54, 1.807) is 19.5 Å². The van der Waals surface area contributed by atoms with E-state index in [2.05, 4.69) is 14.9 Å². The highest BCUT2D eigenvalue weighted by atomic mass is 16.5. The van der Waals surface area contributed by atoms with E-state index in [0.717, 1.165) is 25.1 Å². The van der Waals surface area contributed by atoms with E-state index in [0.29, 0.717) is 12.4 Å². The summed E-state index contributed by atoms with van der Waals surface area (Å²) in [5.41, 5.74) is 0.838. The lowest BCUT2D eigenvalue weighted by atomic mass is 10.2. The molecule has 5 heteroatoms. The minimum absolute atomic E-state index is 0.211. The molecular weight excluding hydrogens is 206 g/mol. The van der Waals surface area contributed by atoms with Crippen molar-refractivity contribution < 1.29 is 9.84 Å². The van der Waals surface area contributed by atoms with E-state index < -0.39 is 0 Å². The Kier molecular flexibility index (Phi) is 3.69. The molecule has 0 saturated carbocycles. The molecule has 0 bridgehead atoms. The molecule has 0 aliphatic carbocycles. The number of aliphatic hydroxyl groups is 1. The summed E-state index contributed by atoms with van der Waals surface area (Å²) < 4.78 is 5.16. The molecule has 2 rings (SSSR count). The molecule has 1 N–H and O–H groups in total. The summed E-state index contributed by atoms with van der Waals surface area (Å²) in [6, 6.07) is 0.256. The van der Waals surface area contributed by atoms with Gasteiger partial charge in [0.2, 0.25) is 5.88 Å². The maximum atomic E-state index is 9.23. The summed E-state index contributed by atoms with van der Waals surface area (Å²) in [6.07, 6.45) is 5.48. The van der Waals surface area contributed by atoms with Crippen molar-refractivity contribution in [2.24, 2.45) is 0 Å². The Morgan fingerprint density at radius 2 is 2.31 bits per heavy atom. The Labute approximate surface area is 95.1 Å². The summed E-state index contributed by atoms with van der Waals surface area (Å²) in [4.78, 5) is 10.6. The summed E-state index contributed by atoms with van der Waals surface area (Å²) in [5, 5.41) is 9.23. The zero-order chi connectivity index (χ0) is 11.4. The van der Waals surface area contributed by atoms with Gasteiger partial charge in [-0.1, -0.05) is 0 Å². The van der Waals surface area contributed by atoms with Gasteiger partial charge in [0.25, 0.3) is 0 Å². The summed E-state index contributed by atoms with van der Waals surface area (Å²) in [7, 11) is 1.60. The van der Waals surface area contributed by atoms with Gasteiger partial charge >= 0.3 is 0 Å². The van der Waals surface area contributed by atoms with Crippen molar-refractivity contribution in [3.63, 3.8) is 0 Å². The number of methoxy groups -OCH3 is 1. The van der Waals surface area contributed by atoms with Gasteiger partial charge in [0, 0.05) is 25.0 Å². The molecule has 1 atom stereocenters. The minimum Gasteiger partial charge on any atom is -0.480 e. The van der Waals surface area contributed by atoms with Crippen molar-refractivity contribution >= 4 is 0 Å². The van der Waals surface area contributed by atoms with Crippen molar-refractivity contribution in [2.75, 3.05) is 20.3 Å². The predicted octanol–water partition coefficient (Wildman–Crippen LogP) is 0.442. The molecule has 2 heterocycles. The van der Waals surface area contributed by atoms with Crippen LogP contribution in [0, 0.1) is 0 Å². The van der Waals surface area contributed by atoms with Crippen LogP contribution in [0.2, 0.25) is 0 Å². The zero-order valence-corrected chi connectivity index (χ0v) is 9.46. The second-order valence-corrected chi connectivity index (χ2v) is 3.96. The van der Waals surface area contributed by atoms with Crippen LogP contribution < -0.4 is 4.74 Å². The monoisotopic (exact) mass is 223 g/mol. The van der Waals surface area contributed by atoms with Crippen molar-refractivity contribution in [3.05, 3.63) is 18.1 Å². The highest BCUT2D eigenvalue weighted by Gasteiger charge is 2.25. The fourth-order valence-electron chi connectivity index (χ4n) is 2.14. The van der Waals surface area contributed by atoms with Gasteiger partial charge in [-0.2, -0.15) is 0 Å². The van der Waals surface area contributed by atoms with Crippen LogP contribution in [0.15, 0.2) is 12.4 Å². The average Bonchev–Trinajstić information content (AvgIpc) is 2.77. The second kappa shape index (κ2) is 5.23. The zero-order valence-electron chi connectivity index (χ0n) is 9.46. The molecular formula is C11H17N3O2. The topological polar surface area (TPSA) is 58.5 Å². The molecule has 1 aromatic heterocycles. The molecule has 1 saturated heterocycles. The lowest BCUT2D eigenvalue weighted by molar-refractivity contribution is 0.151. The van der Waals surface area contributed by atoms with E-state index in [-0.39, 0.29) is 12.6 Å². The first-order valence-corrected chi connectivity index (χ1v) is 5.54. The molecule has 0 aromatic carbocycles. The molecule has 1 aliphatic heterocycles. The first-order chi connectivity index (χ1) is 7.85. The number of aliphatic hydroxyl groups excluding tert-OH is 1. The smallest absolute Gasteiger partial charge is 0.236 e. The highest BCUT2D eigenvalue weighted by Crippen LogP contribution is 2.21. The highest BCUT2D eigenvalue weighted by molar-refractivity contribution is 5.17. The fraction of sp³-hybridized carbons (Fsp3) is 0.636. The Morgan fingerprint density at radius 3 is 3.06 bits per heavy atom. The van der Waals surface area contributed by atoms with Crippen molar-refractivity contribution in [2.45, 2.75) is 25.4 Å². The summed E-state index contributed by atoms with van der Waals surface area (Å²) in [6.45, 7) is 1.91. The molecule has 0 amide bonds. The van der Waals surface area contributed by atoms with Crippen LogP contribution in [0.5, 0.6) is 5.88 Å². The van der Waals surface area contributed by atoms with Crippen molar-refractivity contribution in [1.82, 2.24) is 14.9 Å². The quantitative estimate of drug-likeness (QED) is 0.802. The van der Waals surface area contributed by atoms with Crippen LogP contribution in [0.25, 0.3) is 0 Å². The number of hydrogen-bond donors (Lipinski definition) is 1. The van der Waals surface area contributed by atoms with Crippen molar-refractivity contribution in [3.8, 4) is 5.88 Å². The first kappa shape index (κ1) is 11.3. The Morgan fingerprint density at radius 1 is 1.50 bits per heavy atom. The number of likely N-dealkylation sites (tertiary alicyclic amines) is 1. The summed E-state index contributed by atoms with van der Waals surface area (Å²) >= 11 is 0. The van der Waals surface area contributed by atoms with Gasteiger partial charge in [-0.25, -0.2) is 4.98 Å². The lowest BCUT2D eigenvalue weighted by Crippen LogP contribution is -2.32. The maximum Gasteiger partial charge on any atom is 0.236 e. The fourth-order valence-corrected chi connectivity index (χ4v) is 2.14. The normalized spacial score (nSPS) is 21.2. The average molecular weight is 223 g/mol. The molecule has 1 aromatic rings. The lowest BCUT2D eigenvalue weighted by Gasteiger charge is -2.22. The third-order valence-electron chi connectivity index (χ3n) is 2.99. The molecule has 88 valence electrons. The predicted molar refractivity (Wildman–Crippen MR) is 59.1 cm³/mol. The SMILES string of the molecule is COc1nccnc1CN1CCCC1CO. The van der Waals surface area contributed by atoms with E-state index >= 15 is 0 Å². The molecule has 1 aliphatic rings. The Bertz CT molecular complexity index is 346. The van der Waals surface area contributed by atoms with Gasteiger partial charge in [-0.15, -0.1) is 0 Å². The van der Waals surface area contributed by atoms with E-state index in [9.17, 15) is 5.11 Å². The van der Waals surface area contributed by atoms with Gasteiger partial charge in [-0.05, 0) is 19.4 Å². The molecule has 1 fully saturated rings. The van der Waals surface area contributed by atoms with Crippen LogP contribution in [0.4, 0.5) is 0 Å². The van der Waals surface area contributed by atoms with Crippen LogP contribution in [-0.2, 0) is 6.54 Å². The molecule has 0 radical (unpaired) electrons. The third-order valence-corrected chi connectivity index (χ3v) is 2.99. The van der Waals surface area contributed by atoms with Gasteiger partial charge in [-0.3, -0.25) is 9.88 Å². The van der Waals surface area contributed by atoms with Gasteiger partial charge < -0.3 is 9.84 Å². The Balaban J connectivity index is 2.08. The second-order valence-electron chi connectivity index (χ2n) is 3.96. The van der Waals surface area contributed by atoms with Crippen LogP contribution in [-0.4, -0.2) is 46.3 Å². The van der Waals surface area contributed by atoms with Gasteiger partial charge in [0.05, 0.1) is 13.7 Å². The number of aromatic nitrogens is 2. The van der Waals surface area contributed by atoms with Crippen LogP contribution in [0.1, 0.15) is 18.5 Å². The van der Waals surface area contributed by atoms with E-state index in [1.165, 1.54) is 0 Å². The minimum atomic E-state index is 0.211. The van der Waals surface area contributed by atoms with Crippen molar-refractivity contribution in [1.29, 1.82) is 0 Å². The van der Waals surface area contributed by atoms with Gasteiger partial charge in [0.15, 0.2) is 0 Å². The number of hydrogen-bond acceptors (Lipinski definition) is 5. The van der Waals surface area contributed by atoms with Crippen LogP contribution in [0.3, 0.4) is 0 Å². The van der Waals surface area contributed by atoms with E-state index in [4.69, 9.17) is 4.74 Å². The third kappa shape index (κ3) is 2.31. The molecule has 16 heavy (non-hydrogen) atoms. The molecule has 0 spiro atoms. The largest absolute Gasteiger partial charge is 0.480 e. The standard InChI is InChI=1S/C11H17N3O2/c1-16-11-10(12-4-5-13-11)7-14-6-2-3-9(14)8-15/h4-5,9,15H,2-3,6-8H2,1H3. The molecule has 5 nitrogen and oxygen atoms in total. The number of ether oxygens (including phenoxy) is 1. The van der Waals surface area contributed by atoms with Gasteiger partial charge in [0.1, 0.15) is 5.69 Å². The van der Waals surface area contributed by atoms with Crippen LogP contribution >= 0.6 is 0 Å². The maximum absolute atomic E-state index is 9.23. The molecule has 1 unspecified atom stereocenters. The first-order valence-electron chi connectivity index (χ1n) is 5.54.